The molecule has 0 bridgehead atoms. The summed E-state index contributed by atoms with van der Waals surface area (Å²) in [7, 11) is 3.23. The zero-order valence-electron chi connectivity index (χ0n) is 10.8. The zero-order chi connectivity index (χ0) is 13.7. The quantitative estimate of drug-likeness (QED) is 0.847. The topological polar surface area (TPSA) is 49.8 Å². The summed E-state index contributed by atoms with van der Waals surface area (Å²) in [5.74, 6) is -1.04. The van der Waals surface area contributed by atoms with E-state index in [2.05, 4.69) is 0 Å². The highest BCUT2D eigenvalue weighted by Gasteiger charge is 2.14. The number of carboxylic acid groups (broad SMARTS) is 1. The van der Waals surface area contributed by atoms with E-state index in [9.17, 15) is 9.18 Å². The number of carbonyl (C=O) groups is 1. The van der Waals surface area contributed by atoms with Crippen molar-refractivity contribution in [3.63, 3.8) is 0 Å². The fourth-order valence-corrected chi connectivity index (χ4v) is 1.66. The van der Waals surface area contributed by atoms with Crippen LogP contribution in [0.25, 0.3) is 0 Å². The van der Waals surface area contributed by atoms with Gasteiger partial charge in [0.1, 0.15) is 0 Å². The molecule has 0 amide bonds. The second-order valence-electron chi connectivity index (χ2n) is 4.19. The van der Waals surface area contributed by atoms with Crippen LogP contribution in [0.4, 0.5) is 4.39 Å². The summed E-state index contributed by atoms with van der Waals surface area (Å²) < 4.78 is 18.4. The molecule has 0 spiro atoms. The number of benzene rings is 1. The number of methoxy groups -OCH3 is 1. The maximum atomic E-state index is 13.6. The van der Waals surface area contributed by atoms with E-state index in [1.165, 1.54) is 13.2 Å². The molecule has 0 fully saturated rings. The SMILES string of the molecule is COc1ccc(C(C)N(C)CCC(=O)O)cc1F. The molecule has 0 heterocycles. The van der Waals surface area contributed by atoms with Crippen molar-refractivity contribution in [2.45, 2.75) is 19.4 Å². The smallest absolute Gasteiger partial charge is 0.304 e. The van der Waals surface area contributed by atoms with Crippen molar-refractivity contribution in [2.24, 2.45) is 0 Å². The van der Waals surface area contributed by atoms with Gasteiger partial charge in [0, 0.05) is 12.6 Å². The van der Waals surface area contributed by atoms with Gasteiger partial charge in [-0.25, -0.2) is 4.39 Å². The number of ether oxygens (including phenoxy) is 1. The fraction of sp³-hybridized carbons (Fsp3) is 0.462. The maximum Gasteiger partial charge on any atom is 0.304 e. The third kappa shape index (κ3) is 3.70. The van der Waals surface area contributed by atoms with Gasteiger partial charge >= 0.3 is 5.97 Å². The molecular weight excluding hydrogens is 237 g/mol. The van der Waals surface area contributed by atoms with E-state index in [4.69, 9.17) is 9.84 Å². The van der Waals surface area contributed by atoms with Crippen molar-refractivity contribution in [1.29, 1.82) is 0 Å². The Hall–Kier alpha value is -1.62. The summed E-state index contributed by atoms with van der Waals surface area (Å²) in [4.78, 5) is 12.4. The predicted molar refractivity (Wildman–Crippen MR) is 66.2 cm³/mol. The van der Waals surface area contributed by atoms with Crippen molar-refractivity contribution < 1.29 is 19.0 Å². The van der Waals surface area contributed by atoms with Crippen LogP contribution in [0.1, 0.15) is 24.9 Å². The van der Waals surface area contributed by atoms with Crippen molar-refractivity contribution in [3.05, 3.63) is 29.6 Å². The van der Waals surface area contributed by atoms with Crippen LogP contribution in [-0.2, 0) is 4.79 Å². The van der Waals surface area contributed by atoms with Crippen molar-refractivity contribution in [2.75, 3.05) is 20.7 Å². The molecule has 1 N–H and O–H groups in total. The van der Waals surface area contributed by atoms with Crippen LogP contribution < -0.4 is 4.74 Å². The van der Waals surface area contributed by atoms with Gasteiger partial charge in [-0.2, -0.15) is 0 Å². The lowest BCUT2D eigenvalue weighted by molar-refractivity contribution is -0.137. The molecule has 0 aliphatic carbocycles. The average Bonchev–Trinajstić information content (AvgIpc) is 2.34. The minimum atomic E-state index is -0.838. The van der Waals surface area contributed by atoms with Gasteiger partial charge in [0.15, 0.2) is 11.6 Å². The lowest BCUT2D eigenvalue weighted by Crippen LogP contribution is -2.25. The number of hydrogen-bond donors (Lipinski definition) is 1. The highest BCUT2D eigenvalue weighted by molar-refractivity contribution is 5.66. The van der Waals surface area contributed by atoms with E-state index in [0.717, 1.165) is 5.56 Å². The molecule has 5 heteroatoms. The van der Waals surface area contributed by atoms with Gasteiger partial charge in [-0.3, -0.25) is 9.69 Å². The Morgan fingerprint density at radius 2 is 2.22 bits per heavy atom. The number of aliphatic carboxylic acids is 1. The molecule has 0 aliphatic rings. The number of nitrogens with zero attached hydrogens (tertiary/aromatic N) is 1. The van der Waals surface area contributed by atoms with Crippen molar-refractivity contribution >= 4 is 5.97 Å². The molecule has 0 saturated carbocycles. The third-order valence-corrected chi connectivity index (χ3v) is 3.00. The zero-order valence-corrected chi connectivity index (χ0v) is 10.8. The molecule has 0 radical (unpaired) electrons. The third-order valence-electron chi connectivity index (χ3n) is 3.00. The first-order valence-electron chi connectivity index (χ1n) is 5.71. The summed E-state index contributed by atoms with van der Waals surface area (Å²) in [6.45, 7) is 2.33. The van der Waals surface area contributed by atoms with Gasteiger partial charge in [-0.1, -0.05) is 6.07 Å². The molecule has 18 heavy (non-hydrogen) atoms. The lowest BCUT2D eigenvalue weighted by Gasteiger charge is -2.24. The van der Waals surface area contributed by atoms with E-state index in [1.807, 2.05) is 18.9 Å². The summed E-state index contributed by atoms with van der Waals surface area (Å²) in [6, 6.07) is 4.72. The summed E-state index contributed by atoms with van der Waals surface area (Å²) in [5.41, 5.74) is 0.793. The second-order valence-corrected chi connectivity index (χ2v) is 4.19. The first-order chi connectivity index (χ1) is 8.45. The van der Waals surface area contributed by atoms with E-state index in [1.54, 1.807) is 12.1 Å². The van der Waals surface area contributed by atoms with Gasteiger partial charge < -0.3 is 9.84 Å². The van der Waals surface area contributed by atoms with E-state index in [-0.39, 0.29) is 18.2 Å². The van der Waals surface area contributed by atoms with Crippen LogP contribution in [0.3, 0.4) is 0 Å². The van der Waals surface area contributed by atoms with Crippen LogP contribution >= 0.6 is 0 Å². The molecule has 0 aliphatic heterocycles. The second kappa shape index (κ2) is 6.35. The Kier molecular flexibility index (Phi) is 5.09. The molecule has 1 aromatic rings. The summed E-state index contributed by atoms with van der Waals surface area (Å²) in [6.07, 6.45) is 0.0689. The van der Waals surface area contributed by atoms with Crippen LogP contribution in [0.2, 0.25) is 0 Å². The first kappa shape index (κ1) is 14.4. The largest absolute Gasteiger partial charge is 0.494 e. The Balaban J connectivity index is 2.74. The molecule has 100 valence electrons. The summed E-state index contributed by atoms with van der Waals surface area (Å²) in [5, 5.41) is 8.62. The van der Waals surface area contributed by atoms with Gasteiger partial charge in [0.2, 0.25) is 0 Å². The van der Waals surface area contributed by atoms with Crippen molar-refractivity contribution in [1.82, 2.24) is 4.90 Å². The fourth-order valence-electron chi connectivity index (χ4n) is 1.66. The van der Waals surface area contributed by atoms with Crippen molar-refractivity contribution in [3.8, 4) is 5.75 Å². The Morgan fingerprint density at radius 3 is 2.72 bits per heavy atom. The standard InChI is InChI=1S/C13H18FNO3/c1-9(15(2)7-6-13(16)17)10-4-5-12(18-3)11(14)8-10/h4-5,8-9H,6-7H2,1-3H3,(H,16,17). The molecule has 1 unspecified atom stereocenters. The minimum absolute atomic E-state index is 0.0512. The minimum Gasteiger partial charge on any atom is -0.494 e. The van der Waals surface area contributed by atoms with Gasteiger partial charge in [-0.15, -0.1) is 0 Å². The Morgan fingerprint density at radius 1 is 1.56 bits per heavy atom. The molecule has 1 rings (SSSR count). The van der Waals surface area contributed by atoms with E-state index >= 15 is 0 Å². The average molecular weight is 255 g/mol. The number of halogens is 1. The maximum absolute atomic E-state index is 13.6. The van der Waals surface area contributed by atoms with Crippen LogP contribution in [-0.4, -0.2) is 36.7 Å². The van der Waals surface area contributed by atoms with Crippen LogP contribution in [0.15, 0.2) is 18.2 Å². The number of carboxylic acids is 1. The number of hydrogen-bond acceptors (Lipinski definition) is 3. The van der Waals surface area contributed by atoms with E-state index in [0.29, 0.717) is 6.54 Å². The van der Waals surface area contributed by atoms with Crippen LogP contribution in [0.5, 0.6) is 5.75 Å². The monoisotopic (exact) mass is 255 g/mol. The predicted octanol–water partition coefficient (Wildman–Crippen LogP) is 2.30. The normalized spacial score (nSPS) is 12.5. The first-order valence-corrected chi connectivity index (χ1v) is 5.71. The van der Waals surface area contributed by atoms with Gasteiger partial charge in [-0.05, 0) is 31.7 Å². The van der Waals surface area contributed by atoms with Gasteiger partial charge in [0.05, 0.1) is 13.5 Å². The molecule has 0 saturated heterocycles. The Bertz CT molecular complexity index is 423. The molecular formula is C13H18FNO3. The summed E-state index contributed by atoms with van der Waals surface area (Å²) >= 11 is 0. The van der Waals surface area contributed by atoms with Gasteiger partial charge in [0.25, 0.3) is 0 Å². The molecule has 4 nitrogen and oxygen atoms in total. The number of rotatable bonds is 6. The lowest BCUT2D eigenvalue weighted by atomic mass is 10.1. The molecule has 1 atom stereocenters. The highest BCUT2D eigenvalue weighted by atomic mass is 19.1. The molecule has 0 aromatic heterocycles. The Labute approximate surface area is 106 Å². The molecule has 1 aromatic carbocycles. The van der Waals surface area contributed by atoms with Crippen LogP contribution in [0, 0.1) is 5.82 Å². The van der Waals surface area contributed by atoms with E-state index < -0.39 is 11.8 Å². The highest BCUT2D eigenvalue weighted by Crippen LogP contribution is 2.24.